The van der Waals surface area contributed by atoms with Crippen molar-refractivity contribution in [2.45, 2.75) is 18.5 Å². The zero-order chi connectivity index (χ0) is 19.8. The zero-order valence-electron chi connectivity index (χ0n) is 13.4. The standard InChI is InChI=1S/C16H11F6N3O2/c17-15(18,19)11-5-4-9(6-23-11)14(26)25-7-10(8-25)27-13-3-1-2-12(24-13)16(20,21)22/h1-6,10H,7-8H2. The fourth-order valence-electron chi connectivity index (χ4n) is 2.36. The molecule has 0 saturated carbocycles. The van der Waals surface area contributed by atoms with Gasteiger partial charge in [0.1, 0.15) is 17.5 Å². The molecule has 1 saturated heterocycles. The summed E-state index contributed by atoms with van der Waals surface area (Å²) in [6, 6.07) is 4.94. The number of carbonyl (C=O) groups is 1. The van der Waals surface area contributed by atoms with E-state index < -0.39 is 35.8 Å². The number of nitrogens with zero attached hydrogens (tertiary/aromatic N) is 3. The van der Waals surface area contributed by atoms with E-state index >= 15 is 0 Å². The predicted molar refractivity (Wildman–Crippen MR) is 78.8 cm³/mol. The van der Waals surface area contributed by atoms with Crippen LogP contribution in [-0.2, 0) is 12.4 Å². The summed E-state index contributed by atoms with van der Waals surface area (Å²) in [6.45, 7) is 0.134. The highest BCUT2D eigenvalue weighted by molar-refractivity contribution is 5.94. The molecular weight excluding hydrogens is 380 g/mol. The Hall–Kier alpha value is -2.85. The number of carbonyl (C=O) groups excluding carboxylic acids is 1. The molecule has 1 aliphatic rings. The second-order valence-electron chi connectivity index (χ2n) is 5.74. The monoisotopic (exact) mass is 391 g/mol. The molecule has 0 atom stereocenters. The van der Waals surface area contributed by atoms with E-state index in [2.05, 4.69) is 9.97 Å². The van der Waals surface area contributed by atoms with Crippen LogP contribution >= 0.6 is 0 Å². The summed E-state index contributed by atoms with van der Waals surface area (Å²) in [6.07, 6.45) is -8.94. The third kappa shape index (κ3) is 4.29. The summed E-state index contributed by atoms with van der Waals surface area (Å²) in [5.41, 5.74) is -2.23. The maximum absolute atomic E-state index is 12.6. The van der Waals surface area contributed by atoms with Gasteiger partial charge in [-0.05, 0) is 18.2 Å². The topological polar surface area (TPSA) is 55.3 Å². The van der Waals surface area contributed by atoms with Crippen molar-refractivity contribution in [3.8, 4) is 5.88 Å². The lowest BCUT2D eigenvalue weighted by Crippen LogP contribution is -2.56. The molecule has 3 heterocycles. The van der Waals surface area contributed by atoms with Crippen molar-refractivity contribution in [2.75, 3.05) is 13.1 Å². The number of likely N-dealkylation sites (tertiary alicyclic amines) is 1. The largest absolute Gasteiger partial charge is 0.471 e. The molecule has 5 nitrogen and oxygen atoms in total. The molecule has 2 aromatic heterocycles. The van der Waals surface area contributed by atoms with E-state index in [4.69, 9.17) is 4.74 Å². The molecule has 0 radical (unpaired) electrons. The Kier molecular flexibility index (Phi) is 4.70. The first-order valence-electron chi connectivity index (χ1n) is 7.57. The Morgan fingerprint density at radius 1 is 1.00 bits per heavy atom. The number of ether oxygens (including phenoxy) is 1. The number of halogens is 6. The second-order valence-corrected chi connectivity index (χ2v) is 5.74. The van der Waals surface area contributed by atoms with Crippen molar-refractivity contribution in [3.05, 3.63) is 53.5 Å². The summed E-state index contributed by atoms with van der Waals surface area (Å²) >= 11 is 0. The maximum atomic E-state index is 12.6. The number of hydrogen-bond acceptors (Lipinski definition) is 4. The highest BCUT2D eigenvalue weighted by Crippen LogP contribution is 2.30. The first-order chi connectivity index (χ1) is 12.5. The normalized spacial score (nSPS) is 15.4. The summed E-state index contributed by atoms with van der Waals surface area (Å²) in [5, 5.41) is 0. The number of pyridine rings is 2. The minimum absolute atomic E-state index is 0.0290. The van der Waals surface area contributed by atoms with Gasteiger partial charge in [0.25, 0.3) is 5.91 Å². The van der Waals surface area contributed by atoms with E-state index in [0.717, 1.165) is 24.4 Å². The fraction of sp³-hybridized carbons (Fsp3) is 0.312. The first-order valence-corrected chi connectivity index (χ1v) is 7.57. The highest BCUT2D eigenvalue weighted by atomic mass is 19.4. The molecule has 2 aromatic rings. The van der Waals surface area contributed by atoms with Gasteiger partial charge in [0, 0.05) is 12.3 Å². The lowest BCUT2D eigenvalue weighted by molar-refractivity contribution is -0.142. The van der Waals surface area contributed by atoms with Gasteiger partial charge in [-0.3, -0.25) is 9.78 Å². The van der Waals surface area contributed by atoms with Crippen LogP contribution in [0, 0.1) is 0 Å². The van der Waals surface area contributed by atoms with Crippen LogP contribution in [0.1, 0.15) is 21.7 Å². The molecule has 0 bridgehead atoms. The molecule has 0 unspecified atom stereocenters. The minimum atomic E-state index is -4.60. The molecule has 0 aliphatic carbocycles. The predicted octanol–water partition coefficient (Wildman–Crippen LogP) is 3.42. The van der Waals surface area contributed by atoms with Crippen LogP contribution in [0.5, 0.6) is 5.88 Å². The van der Waals surface area contributed by atoms with Crippen molar-refractivity contribution < 1.29 is 35.9 Å². The van der Waals surface area contributed by atoms with Gasteiger partial charge in [-0.1, -0.05) is 6.07 Å². The Morgan fingerprint density at radius 3 is 2.22 bits per heavy atom. The minimum Gasteiger partial charge on any atom is -0.471 e. The molecule has 1 amide bonds. The van der Waals surface area contributed by atoms with Crippen LogP contribution in [0.4, 0.5) is 26.3 Å². The molecule has 0 spiro atoms. The third-order valence-electron chi connectivity index (χ3n) is 3.74. The van der Waals surface area contributed by atoms with Gasteiger partial charge in [0.2, 0.25) is 5.88 Å². The van der Waals surface area contributed by atoms with Crippen LogP contribution in [0.25, 0.3) is 0 Å². The Morgan fingerprint density at radius 2 is 1.67 bits per heavy atom. The first kappa shape index (κ1) is 18.9. The number of alkyl halides is 6. The summed E-state index contributed by atoms with van der Waals surface area (Å²) in [7, 11) is 0. The van der Waals surface area contributed by atoms with E-state index in [-0.39, 0.29) is 24.5 Å². The lowest BCUT2D eigenvalue weighted by Gasteiger charge is -2.38. The van der Waals surface area contributed by atoms with E-state index in [1.54, 1.807) is 0 Å². The van der Waals surface area contributed by atoms with Gasteiger partial charge in [0.15, 0.2) is 0 Å². The molecule has 27 heavy (non-hydrogen) atoms. The molecule has 0 N–H and O–H groups in total. The van der Waals surface area contributed by atoms with E-state index in [0.29, 0.717) is 6.07 Å². The second kappa shape index (κ2) is 6.71. The van der Waals surface area contributed by atoms with Crippen molar-refractivity contribution in [2.24, 2.45) is 0 Å². The molecule has 144 valence electrons. The van der Waals surface area contributed by atoms with Crippen LogP contribution in [0.2, 0.25) is 0 Å². The summed E-state index contributed by atoms with van der Waals surface area (Å²) in [4.78, 5) is 20.0. The Balaban J connectivity index is 1.57. The van der Waals surface area contributed by atoms with Crippen molar-refractivity contribution in [3.63, 3.8) is 0 Å². The quantitative estimate of drug-likeness (QED) is 0.753. The van der Waals surface area contributed by atoms with Crippen molar-refractivity contribution >= 4 is 5.91 Å². The molecule has 1 fully saturated rings. The molecule has 11 heteroatoms. The van der Waals surface area contributed by atoms with Crippen molar-refractivity contribution in [1.29, 1.82) is 0 Å². The Bertz CT molecular complexity index is 829. The van der Waals surface area contributed by atoms with E-state index in [9.17, 15) is 31.1 Å². The molecule has 0 aromatic carbocycles. The summed E-state index contributed by atoms with van der Waals surface area (Å²) < 4.78 is 80.5. The lowest BCUT2D eigenvalue weighted by atomic mass is 10.1. The number of aromatic nitrogens is 2. The fourth-order valence-corrected chi connectivity index (χ4v) is 2.36. The number of hydrogen-bond donors (Lipinski definition) is 0. The zero-order valence-corrected chi connectivity index (χ0v) is 13.4. The third-order valence-corrected chi connectivity index (χ3v) is 3.74. The maximum Gasteiger partial charge on any atom is 0.433 e. The highest BCUT2D eigenvalue weighted by Gasteiger charge is 2.36. The van der Waals surface area contributed by atoms with Gasteiger partial charge in [-0.2, -0.15) is 26.3 Å². The van der Waals surface area contributed by atoms with Gasteiger partial charge < -0.3 is 9.64 Å². The SMILES string of the molecule is O=C(c1ccc(C(F)(F)F)nc1)N1CC(Oc2cccc(C(F)(F)F)n2)C1. The molecule has 3 rings (SSSR count). The van der Waals surface area contributed by atoms with E-state index in [1.165, 1.54) is 11.0 Å². The summed E-state index contributed by atoms with van der Waals surface area (Å²) in [5.74, 6) is -0.772. The molecular formula is C16H11F6N3O2. The van der Waals surface area contributed by atoms with E-state index in [1.807, 2.05) is 0 Å². The molecule has 1 aliphatic heterocycles. The Labute approximate surface area is 148 Å². The average molecular weight is 391 g/mol. The van der Waals surface area contributed by atoms with Crippen LogP contribution in [0.15, 0.2) is 36.5 Å². The van der Waals surface area contributed by atoms with Gasteiger partial charge in [0.05, 0.1) is 18.7 Å². The van der Waals surface area contributed by atoms with Gasteiger partial charge in [-0.25, -0.2) is 4.98 Å². The van der Waals surface area contributed by atoms with Crippen LogP contribution < -0.4 is 4.74 Å². The van der Waals surface area contributed by atoms with Crippen molar-refractivity contribution in [1.82, 2.24) is 14.9 Å². The number of rotatable bonds is 3. The smallest absolute Gasteiger partial charge is 0.433 e. The number of amides is 1. The van der Waals surface area contributed by atoms with Crippen LogP contribution in [-0.4, -0.2) is 40.0 Å². The van der Waals surface area contributed by atoms with Crippen LogP contribution in [0.3, 0.4) is 0 Å². The van der Waals surface area contributed by atoms with Gasteiger partial charge >= 0.3 is 12.4 Å². The average Bonchev–Trinajstić information content (AvgIpc) is 2.56. The van der Waals surface area contributed by atoms with Gasteiger partial charge in [-0.15, -0.1) is 0 Å².